The molecule has 0 aromatic heterocycles. The Kier molecular flexibility index (Phi) is 8.07. The van der Waals surface area contributed by atoms with Crippen LogP contribution in [0.3, 0.4) is 0 Å². The van der Waals surface area contributed by atoms with Crippen molar-refractivity contribution in [2.24, 2.45) is 0 Å². The molecule has 1 fully saturated rings. The lowest BCUT2D eigenvalue weighted by Gasteiger charge is -2.35. The van der Waals surface area contributed by atoms with Crippen LogP contribution in [-0.2, 0) is 14.3 Å². The fraction of sp³-hybridized carbons (Fsp3) is 0.370. The first-order valence-electron chi connectivity index (χ1n) is 12.1. The zero-order chi connectivity index (χ0) is 26.0. The molecule has 2 aliphatic rings. The smallest absolute Gasteiger partial charge is 0.338 e. The monoisotopic (exact) mass is 528 g/mol. The summed E-state index contributed by atoms with van der Waals surface area (Å²) in [6, 6.07) is 13.8. The van der Waals surface area contributed by atoms with Gasteiger partial charge >= 0.3 is 5.97 Å². The molecule has 0 spiro atoms. The maximum absolute atomic E-state index is 13.8. The van der Waals surface area contributed by atoms with Crippen LogP contribution in [0.4, 0.5) is 5.69 Å². The summed E-state index contributed by atoms with van der Waals surface area (Å²) in [5.41, 5.74) is 1.19. The number of likely N-dealkylation sites (tertiary alicyclic amines) is 1. The van der Waals surface area contributed by atoms with E-state index in [0.717, 1.165) is 30.8 Å². The van der Waals surface area contributed by atoms with Crippen LogP contribution in [0.15, 0.2) is 64.0 Å². The molecule has 0 atom stereocenters. The number of thioether (sulfide) groups is 1. The number of likely N-dealkylation sites (N-methyl/N-ethyl adjacent to an activating group) is 1. The maximum Gasteiger partial charge on any atom is 0.338 e. The third-order valence-electron chi connectivity index (χ3n) is 6.46. The van der Waals surface area contributed by atoms with E-state index in [4.69, 9.17) is 16.3 Å². The van der Waals surface area contributed by atoms with Gasteiger partial charge in [-0.25, -0.2) is 9.69 Å². The predicted octanol–water partition coefficient (Wildman–Crippen LogP) is 3.39. The van der Waals surface area contributed by atoms with E-state index < -0.39 is 5.97 Å². The number of ether oxygens (including phenoxy) is 1. The highest BCUT2D eigenvalue weighted by molar-refractivity contribution is 8.04. The van der Waals surface area contributed by atoms with Crippen molar-refractivity contribution in [1.29, 1.82) is 0 Å². The fourth-order valence-electron chi connectivity index (χ4n) is 4.45. The molecule has 1 saturated heterocycles. The summed E-state index contributed by atoms with van der Waals surface area (Å²) in [5.74, 6) is -1.18. The molecule has 2 aliphatic heterocycles. The van der Waals surface area contributed by atoms with E-state index in [0.29, 0.717) is 26.9 Å². The summed E-state index contributed by atoms with van der Waals surface area (Å²) < 4.78 is 5.24. The molecule has 7 nitrogen and oxygen atoms in total. The highest BCUT2D eigenvalue weighted by atomic mass is 35.5. The molecule has 0 unspecified atom stereocenters. The summed E-state index contributed by atoms with van der Waals surface area (Å²) in [7, 11) is 4.08. The van der Waals surface area contributed by atoms with E-state index in [1.165, 1.54) is 21.6 Å². The Bertz CT molecular complexity index is 1170. The van der Waals surface area contributed by atoms with Gasteiger partial charge in [0.15, 0.2) is 0 Å². The standard InChI is InChI=1S/C27H30ClN3O4S/c1-17(2)35-27(34)18-5-9-21(10-6-18)31-25(32)23(30(4)20-13-15-29(3)16-14-20)24(26(31)33)36-22-11-7-19(28)8-12-22/h5-12,17,20H,13-16H2,1-4H3/p+1. The number of nitrogens with one attached hydrogen (secondary N) is 1. The SMILES string of the molecule is CC(C)OC(=O)c1ccc(N2C(=O)C(Sc3ccc(Cl)cc3)=C(N(C)C3CC[NH+](C)CC3)C2=O)cc1. The predicted molar refractivity (Wildman–Crippen MR) is 141 cm³/mol. The Morgan fingerprint density at radius 3 is 2.25 bits per heavy atom. The number of hydrogen-bond donors (Lipinski definition) is 1. The molecule has 2 heterocycles. The lowest BCUT2D eigenvalue weighted by atomic mass is 10.0. The minimum absolute atomic E-state index is 0.175. The Morgan fingerprint density at radius 1 is 1.06 bits per heavy atom. The summed E-state index contributed by atoms with van der Waals surface area (Å²) in [6.45, 7) is 5.59. The van der Waals surface area contributed by atoms with Crippen LogP contribution in [0.1, 0.15) is 37.0 Å². The fourth-order valence-corrected chi connectivity index (χ4v) is 5.59. The van der Waals surface area contributed by atoms with E-state index in [9.17, 15) is 14.4 Å². The highest BCUT2D eigenvalue weighted by Gasteiger charge is 2.43. The normalized spacial score (nSPS) is 20.3. The van der Waals surface area contributed by atoms with E-state index in [-0.39, 0.29) is 24.0 Å². The number of benzene rings is 2. The number of amides is 2. The lowest BCUT2D eigenvalue weighted by Crippen LogP contribution is -3.10. The average Bonchev–Trinajstić information content (AvgIpc) is 3.09. The summed E-state index contributed by atoms with van der Waals surface area (Å²) in [6.07, 6.45) is 1.65. The minimum Gasteiger partial charge on any atom is -0.459 e. The summed E-state index contributed by atoms with van der Waals surface area (Å²) in [4.78, 5) is 45.5. The number of carbonyl (C=O) groups excluding carboxylic acids is 3. The van der Waals surface area contributed by atoms with Crippen LogP contribution in [0.25, 0.3) is 0 Å². The third-order valence-corrected chi connectivity index (χ3v) is 7.80. The number of carbonyl (C=O) groups is 3. The van der Waals surface area contributed by atoms with Crippen molar-refractivity contribution < 1.29 is 24.0 Å². The molecule has 36 heavy (non-hydrogen) atoms. The minimum atomic E-state index is -0.447. The van der Waals surface area contributed by atoms with Gasteiger partial charge < -0.3 is 14.5 Å². The number of quaternary nitrogens is 1. The molecule has 4 rings (SSSR count). The van der Waals surface area contributed by atoms with Gasteiger partial charge in [-0.1, -0.05) is 23.4 Å². The first-order chi connectivity index (χ1) is 17.2. The third kappa shape index (κ3) is 5.61. The van der Waals surface area contributed by atoms with Crippen molar-refractivity contribution in [1.82, 2.24) is 4.90 Å². The molecule has 1 N–H and O–H groups in total. The largest absolute Gasteiger partial charge is 0.459 e. The van der Waals surface area contributed by atoms with Gasteiger partial charge in [-0.05, 0) is 62.4 Å². The Morgan fingerprint density at radius 2 is 1.67 bits per heavy atom. The van der Waals surface area contributed by atoms with Gasteiger partial charge in [0.1, 0.15) is 10.6 Å². The average molecular weight is 529 g/mol. The number of imide groups is 1. The quantitative estimate of drug-likeness (QED) is 0.439. The van der Waals surface area contributed by atoms with E-state index in [1.54, 1.807) is 50.2 Å². The van der Waals surface area contributed by atoms with E-state index in [1.807, 2.05) is 24.1 Å². The zero-order valence-electron chi connectivity index (χ0n) is 20.9. The van der Waals surface area contributed by atoms with Crippen molar-refractivity contribution in [3.63, 3.8) is 0 Å². The molecule has 0 radical (unpaired) electrons. The van der Waals surface area contributed by atoms with Gasteiger partial charge in [0, 0.05) is 35.8 Å². The van der Waals surface area contributed by atoms with Crippen LogP contribution in [0.2, 0.25) is 5.02 Å². The van der Waals surface area contributed by atoms with Crippen molar-refractivity contribution in [2.45, 2.75) is 43.7 Å². The molecule has 2 amide bonds. The lowest BCUT2D eigenvalue weighted by molar-refractivity contribution is -0.885. The molecule has 0 saturated carbocycles. The molecular formula is C27H31ClN3O4S+. The van der Waals surface area contributed by atoms with Gasteiger partial charge in [0.2, 0.25) is 0 Å². The van der Waals surface area contributed by atoms with Gasteiger partial charge in [0.25, 0.3) is 11.8 Å². The Labute approximate surface area is 221 Å². The van der Waals surface area contributed by atoms with Crippen molar-refractivity contribution in [3.8, 4) is 0 Å². The number of anilines is 1. The topological polar surface area (TPSA) is 71.4 Å². The van der Waals surface area contributed by atoms with Crippen LogP contribution in [-0.4, -0.2) is 62.0 Å². The van der Waals surface area contributed by atoms with Crippen molar-refractivity contribution >= 4 is 46.8 Å². The second-order valence-corrected chi connectivity index (χ2v) is 11.0. The number of hydrogen-bond acceptors (Lipinski definition) is 6. The van der Waals surface area contributed by atoms with Crippen molar-refractivity contribution in [3.05, 3.63) is 69.7 Å². The molecular weight excluding hydrogens is 498 g/mol. The molecule has 0 bridgehead atoms. The Balaban J connectivity index is 1.65. The molecule has 9 heteroatoms. The number of esters is 1. The molecule has 190 valence electrons. The Hall–Kier alpha value is -2.81. The second-order valence-electron chi connectivity index (χ2n) is 9.48. The van der Waals surface area contributed by atoms with E-state index >= 15 is 0 Å². The van der Waals surface area contributed by atoms with Gasteiger partial charge in [-0.3, -0.25) is 9.59 Å². The van der Waals surface area contributed by atoms with Gasteiger partial charge in [-0.2, -0.15) is 0 Å². The summed E-state index contributed by atoms with van der Waals surface area (Å²) in [5, 5.41) is 0.603. The first-order valence-corrected chi connectivity index (χ1v) is 13.3. The van der Waals surface area contributed by atoms with Crippen LogP contribution < -0.4 is 9.80 Å². The highest BCUT2D eigenvalue weighted by Crippen LogP contribution is 2.39. The number of nitrogens with zero attached hydrogens (tertiary/aromatic N) is 2. The second kappa shape index (κ2) is 11.1. The maximum atomic E-state index is 13.8. The summed E-state index contributed by atoms with van der Waals surface area (Å²) >= 11 is 7.32. The number of rotatable bonds is 7. The van der Waals surface area contributed by atoms with Gasteiger partial charge in [0.05, 0.1) is 37.5 Å². The van der Waals surface area contributed by atoms with Crippen LogP contribution in [0, 0.1) is 0 Å². The number of halogens is 1. The van der Waals surface area contributed by atoms with Gasteiger partial charge in [-0.15, -0.1) is 0 Å². The first kappa shape index (κ1) is 26.3. The zero-order valence-corrected chi connectivity index (χ0v) is 22.5. The number of piperidine rings is 1. The van der Waals surface area contributed by atoms with E-state index in [2.05, 4.69) is 7.05 Å². The molecule has 2 aromatic rings. The van der Waals surface area contributed by atoms with Crippen LogP contribution in [0.5, 0.6) is 0 Å². The molecule has 0 aliphatic carbocycles. The van der Waals surface area contributed by atoms with Crippen LogP contribution >= 0.6 is 23.4 Å². The van der Waals surface area contributed by atoms with Crippen molar-refractivity contribution in [2.75, 3.05) is 32.1 Å². The molecule has 2 aromatic carbocycles.